The average molecular weight is 384 g/mol. The van der Waals surface area contributed by atoms with Crippen molar-refractivity contribution < 1.29 is 17.9 Å². The zero-order valence-electron chi connectivity index (χ0n) is 14.5. The Balaban J connectivity index is 1.48. The first kappa shape index (κ1) is 17.8. The highest BCUT2D eigenvalue weighted by Crippen LogP contribution is 2.29. The summed E-state index contributed by atoms with van der Waals surface area (Å²) in [7, 11) is 0. The molecular weight excluding hydrogens is 369 g/mol. The van der Waals surface area contributed by atoms with Crippen LogP contribution in [-0.2, 0) is 12.7 Å². The lowest BCUT2D eigenvalue weighted by Gasteiger charge is -2.08. The van der Waals surface area contributed by atoms with E-state index in [9.17, 15) is 13.2 Å². The molecule has 4 aromatic rings. The van der Waals surface area contributed by atoms with E-state index in [1.807, 2.05) is 48.5 Å². The summed E-state index contributed by atoms with van der Waals surface area (Å²) in [4.78, 5) is 10.9. The Bertz CT molecular complexity index is 1090. The zero-order chi connectivity index (χ0) is 19.6. The second-order valence-corrected chi connectivity index (χ2v) is 6.06. The molecule has 28 heavy (non-hydrogen) atoms. The highest BCUT2D eigenvalue weighted by Gasteiger charge is 2.32. The molecule has 0 unspecified atom stereocenters. The molecule has 5 nitrogen and oxygen atoms in total. The SMILES string of the molecule is FC(F)(F)c1cc(NCc2nc3ccc(Oc4ccccc4)cc3[nH]2)ccn1. The van der Waals surface area contributed by atoms with Gasteiger partial charge in [0.25, 0.3) is 0 Å². The number of para-hydroxylation sites is 1. The summed E-state index contributed by atoms with van der Waals surface area (Å²) in [5.41, 5.74) is 0.888. The van der Waals surface area contributed by atoms with Crippen molar-refractivity contribution in [1.82, 2.24) is 15.0 Å². The molecular formula is C20H15F3N4O. The molecule has 0 aliphatic heterocycles. The van der Waals surface area contributed by atoms with Crippen molar-refractivity contribution in [3.8, 4) is 11.5 Å². The monoisotopic (exact) mass is 384 g/mol. The number of fused-ring (bicyclic) bond motifs is 1. The van der Waals surface area contributed by atoms with Crippen molar-refractivity contribution in [1.29, 1.82) is 0 Å². The molecule has 0 radical (unpaired) electrons. The number of nitrogens with zero attached hydrogens (tertiary/aromatic N) is 2. The number of ether oxygens (including phenoxy) is 1. The number of hydrogen-bond acceptors (Lipinski definition) is 4. The van der Waals surface area contributed by atoms with Crippen LogP contribution in [0.15, 0.2) is 66.9 Å². The number of imidazole rings is 1. The van der Waals surface area contributed by atoms with Crippen molar-refractivity contribution in [3.05, 3.63) is 78.4 Å². The van der Waals surface area contributed by atoms with Gasteiger partial charge in [0.1, 0.15) is 23.0 Å². The topological polar surface area (TPSA) is 62.8 Å². The maximum atomic E-state index is 12.7. The van der Waals surface area contributed by atoms with Gasteiger partial charge in [-0.25, -0.2) is 4.98 Å². The van der Waals surface area contributed by atoms with E-state index in [4.69, 9.17) is 4.74 Å². The van der Waals surface area contributed by atoms with Crippen molar-refractivity contribution in [2.75, 3.05) is 5.32 Å². The van der Waals surface area contributed by atoms with E-state index in [0.29, 0.717) is 17.3 Å². The minimum Gasteiger partial charge on any atom is -0.457 e. The number of benzene rings is 2. The van der Waals surface area contributed by atoms with E-state index in [1.54, 1.807) is 0 Å². The smallest absolute Gasteiger partial charge is 0.433 e. The van der Waals surface area contributed by atoms with Crippen LogP contribution in [0.25, 0.3) is 11.0 Å². The predicted molar refractivity (Wildman–Crippen MR) is 99.2 cm³/mol. The number of H-pyrrole nitrogens is 1. The summed E-state index contributed by atoms with van der Waals surface area (Å²) in [6.45, 7) is 0.241. The number of alkyl halides is 3. The van der Waals surface area contributed by atoms with Crippen LogP contribution in [0.4, 0.5) is 18.9 Å². The third-order valence-electron chi connectivity index (χ3n) is 3.99. The highest BCUT2D eigenvalue weighted by molar-refractivity contribution is 5.77. The first-order valence-corrected chi connectivity index (χ1v) is 8.46. The molecule has 0 aliphatic rings. The Morgan fingerprint density at radius 1 is 0.964 bits per heavy atom. The van der Waals surface area contributed by atoms with Gasteiger partial charge in [-0.1, -0.05) is 18.2 Å². The van der Waals surface area contributed by atoms with Crippen molar-refractivity contribution in [2.24, 2.45) is 0 Å². The average Bonchev–Trinajstić information content (AvgIpc) is 3.09. The van der Waals surface area contributed by atoms with Crippen LogP contribution in [0.1, 0.15) is 11.5 Å². The normalized spacial score (nSPS) is 11.5. The Kier molecular flexibility index (Phi) is 4.60. The number of halogens is 3. The Labute approximate surface area is 158 Å². The number of hydrogen-bond donors (Lipinski definition) is 2. The van der Waals surface area contributed by atoms with E-state index < -0.39 is 11.9 Å². The second kappa shape index (κ2) is 7.22. The molecule has 2 aromatic heterocycles. The third kappa shape index (κ3) is 4.06. The number of pyridine rings is 1. The molecule has 2 N–H and O–H groups in total. The Morgan fingerprint density at radius 3 is 2.57 bits per heavy atom. The van der Waals surface area contributed by atoms with Gasteiger partial charge >= 0.3 is 6.18 Å². The van der Waals surface area contributed by atoms with Gasteiger partial charge in [-0.05, 0) is 36.4 Å². The quantitative estimate of drug-likeness (QED) is 0.485. The number of rotatable bonds is 5. The van der Waals surface area contributed by atoms with E-state index in [-0.39, 0.29) is 6.54 Å². The Morgan fingerprint density at radius 2 is 1.79 bits per heavy atom. The number of aromatic nitrogens is 3. The van der Waals surface area contributed by atoms with Gasteiger partial charge in [-0.2, -0.15) is 13.2 Å². The fourth-order valence-corrected chi connectivity index (χ4v) is 2.69. The molecule has 0 saturated carbocycles. The number of nitrogens with one attached hydrogen (secondary N) is 2. The first-order chi connectivity index (χ1) is 13.5. The van der Waals surface area contributed by atoms with E-state index in [2.05, 4.69) is 20.3 Å². The summed E-state index contributed by atoms with van der Waals surface area (Å²) in [5.74, 6) is 1.98. The molecule has 142 valence electrons. The minimum absolute atomic E-state index is 0.241. The van der Waals surface area contributed by atoms with Gasteiger partial charge in [0.2, 0.25) is 0 Å². The molecule has 0 spiro atoms. The Hall–Kier alpha value is -3.55. The molecule has 0 fully saturated rings. The summed E-state index contributed by atoms with van der Waals surface area (Å²) in [5, 5.41) is 2.92. The van der Waals surface area contributed by atoms with Gasteiger partial charge in [0.05, 0.1) is 17.6 Å². The van der Waals surface area contributed by atoms with Crippen LogP contribution in [0, 0.1) is 0 Å². The number of aromatic amines is 1. The van der Waals surface area contributed by atoms with Crippen molar-refractivity contribution in [3.63, 3.8) is 0 Å². The van der Waals surface area contributed by atoms with Crippen LogP contribution in [0.5, 0.6) is 11.5 Å². The molecule has 0 amide bonds. The van der Waals surface area contributed by atoms with Crippen LogP contribution in [-0.4, -0.2) is 15.0 Å². The summed E-state index contributed by atoms with van der Waals surface area (Å²) in [6.07, 6.45) is -3.36. The fourth-order valence-electron chi connectivity index (χ4n) is 2.69. The molecule has 2 heterocycles. The van der Waals surface area contributed by atoms with E-state index in [1.165, 1.54) is 6.07 Å². The molecule has 8 heteroatoms. The summed E-state index contributed by atoms with van der Waals surface area (Å²) in [6, 6.07) is 17.3. The van der Waals surface area contributed by atoms with Crippen LogP contribution >= 0.6 is 0 Å². The minimum atomic E-state index is -4.48. The van der Waals surface area contributed by atoms with E-state index >= 15 is 0 Å². The van der Waals surface area contributed by atoms with Crippen molar-refractivity contribution in [2.45, 2.75) is 12.7 Å². The van der Waals surface area contributed by atoms with Gasteiger partial charge in [-0.3, -0.25) is 4.98 Å². The molecule has 0 saturated heterocycles. The van der Waals surface area contributed by atoms with E-state index in [0.717, 1.165) is 29.0 Å². The maximum Gasteiger partial charge on any atom is 0.433 e. The molecule has 0 atom stereocenters. The van der Waals surface area contributed by atoms with Gasteiger partial charge in [0.15, 0.2) is 0 Å². The van der Waals surface area contributed by atoms with Gasteiger partial charge in [0, 0.05) is 18.0 Å². The third-order valence-corrected chi connectivity index (χ3v) is 3.99. The predicted octanol–water partition coefficient (Wildman–Crippen LogP) is 5.38. The summed E-state index contributed by atoms with van der Waals surface area (Å²) >= 11 is 0. The standard InChI is InChI=1S/C20H15F3N4O/c21-20(22,23)18-10-13(8-9-24-18)25-12-19-26-16-7-6-15(11-17(16)27-19)28-14-4-2-1-3-5-14/h1-11H,12H2,(H,24,25)(H,26,27). The van der Waals surface area contributed by atoms with Gasteiger partial charge < -0.3 is 15.0 Å². The lowest BCUT2D eigenvalue weighted by molar-refractivity contribution is -0.141. The molecule has 2 aromatic carbocycles. The van der Waals surface area contributed by atoms with Crippen molar-refractivity contribution >= 4 is 16.7 Å². The van der Waals surface area contributed by atoms with Gasteiger partial charge in [-0.15, -0.1) is 0 Å². The van der Waals surface area contributed by atoms with Crippen LogP contribution < -0.4 is 10.1 Å². The molecule has 0 bridgehead atoms. The molecule has 0 aliphatic carbocycles. The van der Waals surface area contributed by atoms with Crippen LogP contribution in [0.3, 0.4) is 0 Å². The lowest BCUT2D eigenvalue weighted by atomic mass is 10.3. The first-order valence-electron chi connectivity index (χ1n) is 8.46. The lowest BCUT2D eigenvalue weighted by Crippen LogP contribution is -2.09. The number of anilines is 1. The zero-order valence-corrected chi connectivity index (χ0v) is 14.5. The molecule has 4 rings (SSSR count). The second-order valence-electron chi connectivity index (χ2n) is 6.06. The fraction of sp³-hybridized carbons (Fsp3) is 0.100. The largest absolute Gasteiger partial charge is 0.457 e. The highest BCUT2D eigenvalue weighted by atomic mass is 19.4. The maximum absolute atomic E-state index is 12.7. The van der Waals surface area contributed by atoms with Crippen LogP contribution in [0.2, 0.25) is 0 Å². The summed E-state index contributed by atoms with van der Waals surface area (Å²) < 4.78 is 44.0.